The van der Waals surface area contributed by atoms with Gasteiger partial charge in [-0.3, -0.25) is 10.1 Å². The van der Waals surface area contributed by atoms with Gasteiger partial charge < -0.3 is 5.11 Å². The minimum absolute atomic E-state index is 0.0563. The third kappa shape index (κ3) is 6.22. The van der Waals surface area contributed by atoms with Gasteiger partial charge in [0.2, 0.25) is 0 Å². The predicted octanol–water partition coefficient (Wildman–Crippen LogP) is 5.00. The summed E-state index contributed by atoms with van der Waals surface area (Å²) in [7, 11) is 0. The van der Waals surface area contributed by atoms with Gasteiger partial charge in [-0.25, -0.2) is 4.79 Å². The van der Waals surface area contributed by atoms with Crippen molar-refractivity contribution in [3.8, 4) is 0 Å². The Morgan fingerprint density at radius 2 is 2.09 bits per heavy atom. The van der Waals surface area contributed by atoms with Crippen LogP contribution in [0.25, 0.3) is 0 Å². The summed E-state index contributed by atoms with van der Waals surface area (Å²) in [5, 5.41) is 20.1. The van der Waals surface area contributed by atoms with Gasteiger partial charge in [-0.2, -0.15) is 0 Å². The molecule has 0 spiro atoms. The highest BCUT2D eigenvalue weighted by Gasteiger charge is 2.15. The molecule has 126 valence electrons. The number of non-ortho nitro benzene ring substituents is 1. The summed E-state index contributed by atoms with van der Waals surface area (Å²) in [6, 6.07) is 3.96. The van der Waals surface area contributed by atoms with E-state index < -0.39 is 10.9 Å². The standard InChI is InChI=1S/C18H25NO4/c1-4-13(2)6-5-7-14(3)8-9-15-12-16(19(22)23)10-11-17(15)18(20)21/h6,10-12,14H,4-5,7-9H2,1-3H3,(H,20,21). The van der Waals surface area contributed by atoms with E-state index in [0.717, 1.165) is 25.7 Å². The molecule has 0 saturated heterocycles. The molecular formula is C18H25NO4. The molecule has 0 heterocycles. The Hall–Kier alpha value is -2.17. The Kier molecular flexibility index (Phi) is 7.45. The quantitative estimate of drug-likeness (QED) is 0.394. The number of benzene rings is 1. The average Bonchev–Trinajstić information content (AvgIpc) is 2.52. The Labute approximate surface area is 137 Å². The molecule has 0 aliphatic carbocycles. The van der Waals surface area contributed by atoms with Crippen molar-refractivity contribution in [3.63, 3.8) is 0 Å². The Morgan fingerprint density at radius 1 is 1.39 bits per heavy atom. The monoisotopic (exact) mass is 319 g/mol. The van der Waals surface area contributed by atoms with E-state index in [0.29, 0.717) is 17.9 Å². The van der Waals surface area contributed by atoms with Crippen molar-refractivity contribution < 1.29 is 14.8 Å². The zero-order valence-corrected chi connectivity index (χ0v) is 14.0. The Morgan fingerprint density at radius 3 is 2.65 bits per heavy atom. The first kappa shape index (κ1) is 18.9. The molecule has 23 heavy (non-hydrogen) atoms. The maximum absolute atomic E-state index is 11.3. The zero-order chi connectivity index (χ0) is 17.4. The second-order valence-electron chi connectivity index (χ2n) is 6.03. The van der Waals surface area contributed by atoms with Gasteiger partial charge >= 0.3 is 5.97 Å². The zero-order valence-electron chi connectivity index (χ0n) is 14.0. The van der Waals surface area contributed by atoms with Crippen LogP contribution in [-0.4, -0.2) is 16.0 Å². The number of allylic oxidation sites excluding steroid dienone is 2. The summed E-state index contributed by atoms with van der Waals surface area (Å²) in [5.74, 6) is -0.596. The van der Waals surface area contributed by atoms with E-state index >= 15 is 0 Å². The third-order valence-corrected chi connectivity index (χ3v) is 4.15. The van der Waals surface area contributed by atoms with E-state index in [1.165, 1.54) is 23.8 Å². The predicted molar refractivity (Wildman–Crippen MR) is 90.8 cm³/mol. The number of aromatic carboxylic acids is 1. The average molecular weight is 319 g/mol. The number of carboxylic acids is 1. The van der Waals surface area contributed by atoms with E-state index in [-0.39, 0.29) is 11.3 Å². The fourth-order valence-corrected chi connectivity index (χ4v) is 2.41. The normalized spacial score (nSPS) is 12.9. The molecular weight excluding hydrogens is 294 g/mol. The van der Waals surface area contributed by atoms with Gasteiger partial charge in [0, 0.05) is 12.1 Å². The summed E-state index contributed by atoms with van der Waals surface area (Å²) in [5.41, 5.74) is 2.02. The summed E-state index contributed by atoms with van der Waals surface area (Å²) < 4.78 is 0. The van der Waals surface area contributed by atoms with Gasteiger partial charge in [0.05, 0.1) is 10.5 Å². The van der Waals surface area contributed by atoms with Crippen LogP contribution in [0.15, 0.2) is 29.8 Å². The van der Waals surface area contributed by atoms with Gasteiger partial charge in [-0.15, -0.1) is 0 Å². The minimum atomic E-state index is -1.04. The molecule has 0 fully saturated rings. The van der Waals surface area contributed by atoms with Crippen LogP contribution in [0.3, 0.4) is 0 Å². The molecule has 1 rings (SSSR count). The van der Waals surface area contributed by atoms with Crippen molar-refractivity contribution >= 4 is 11.7 Å². The number of aryl methyl sites for hydroxylation is 1. The van der Waals surface area contributed by atoms with E-state index in [1.807, 2.05) is 0 Å². The van der Waals surface area contributed by atoms with Gasteiger partial charge in [0.15, 0.2) is 0 Å². The highest BCUT2D eigenvalue weighted by atomic mass is 16.6. The van der Waals surface area contributed by atoms with Crippen LogP contribution in [-0.2, 0) is 6.42 Å². The number of nitrogens with zero attached hydrogens (tertiary/aromatic N) is 1. The van der Waals surface area contributed by atoms with E-state index in [2.05, 4.69) is 26.8 Å². The first-order valence-electron chi connectivity index (χ1n) is 8.01. The number of nitro groups is 1. The Bertz CT molecular complexity index is 593. The smallest absolute Gasteiger partial charge is 0.335 e. The summed E-state index contributed by atoms with van der Waals surface area (Å²) in [6.07, 6.45) is 6.72. The van der Waals surface area contributed by atoms with Gasteiger partial charge in [-0.05, 0) is 56.6 Å². The maximum Gasteiger partial charge on any atom is 0.335 e. The molecule has 1 aromatic rings. The van der Waals surface area contributed by atoms with E-state index in [9.17, 15) is 20.0 Å². The molecule has 1 unspecified atom stereocenters. The number of carboxylic acid groups (broad SMARTS) is 1. The molecule has 5 nitrogen and oxygen atoms in total. The van der Waals surface area contributed by atoms with Crippen molar-refractivity contribution in [2.75, 3.05) is 0 Å². The van der Waals surface area contributed by atoms with Crippen LogP contribution in [0.5, 0.6) is 0 Å². The lowest BCUT2D eigenvalue weighted by Crippen LogP contribution is -2.06. The lowest BCUT2D eigenvalue weighted by Gasteiger charge is -2.12. The fourth-order valence-electron chi connectivity index (χ4n) is 2.41. The van der Waals surface area contributed by atoms with Gasteiger partial charge in [0.25, 0.3) is 5.69 Å². The van der Waals surface area contributed by atoms with Crippen LogP contribution in [0.1, 0.15) is 62.4 Å². The molecule has 1 atom stereocenters. The number of hydrogen-bond acceptors (Lipinski definition) is 3. The number of carbonyl (C=O) groups is 1. The van der Waals surface area contributed by atoms with Crippen molar-refractivity contribution in [2.24, 2.45) is 5.92 Å². The van der Waals surface area contributed by atoms with Gasteiger partial charge in [0.1, 0.15) is 0 Å². The topological polar surface area (TPSA) is 80.4 Å². The van der Waals surface area contributed by atoms with Crippen LogP contribution < -0.4 is 0 Å². The van der Waals surface area contributed by atoms with Crippen molar-refractivity contribution in [2.45, 2.75) is 52.9 Å². The largest absolute Gasteiger partial charge is 0.478 e. The van der Waals surface area contributed by atoms with Crippen LogP contribution in [0, 0.1) is 16.0 Å². The number of nitro benzene ring substituents is 1. The highest BCUT2D eigenvalue weighted by Crippen LogP contribution is 2.22. The molecule has 0 aromatic heterocycles. The lowest BCUT2D eigenvalue weighted by molar-refractivity contribution is -0.384. The van der Waals surface area contributed by atoms with Gasteiger partial charge in [-0.1, -0.05) is 25.5 Å². The second-order valence-corrected chi connectivity index (χ2v) is 6.03. The van der Waals surface area contributed by atoms with Crippen molar-refractivity contribution in [1.29, 1.82) is 0 Å². The Balaban J connectivity index is 2.70. The molecule has 0 saturated carbocycles. The molecule has 0 aliphatic rings. The fraction of sp³-hybridized carbons (Fsp3) is 0.500. The first-order valence-corrected chi connectivity index (χ1v) is 8.01. The molecule has 1 aromatic carbocycles. The maximum atomic E-state index is 11.3. The molecule has 0 radical (unpaired) electrons. The van der Waals surface area contributed by atoms with E-state index in [4.69, 9.17) is 0 Å². The summed E-state index contributed by atoms with van der Waals surface area (Å²) >= 11 is 0. The van der Waals surface area contributed by atoms with E-state index in [1.54, 1.807) is 0 Å². The van der Waals surface area contributed by atoms with Crippen LogP contribution in [0.2, 0.25) is 0 Å². The molecule has 0 bridgehead atoms. The lowest BCUT2D eigenvalue weighted by atomic mass is 9.94. The van der Waals surface area contributed by atoms with Crippen molar-refractivity contribution in [1.82, 2.24) is 0 Å². The first-order chi connectivity index (χ1) is 10.8. The minimum Gasteiger partial charge on any atom is -0.478 e. The van der Waals surface area contributed by atoms with Crippen LogP contribution in [0.4, 0.5) is 5.69 Å². The molecule has 5 heteroatoms. The molecule has 1 N–H and O–H groups in total. The summed E-state index contributed by atoms with van der Waals surface area (Å²) in [6.45, 7) is 6.38. The summed E-state index contributed by atoms with van der Waals surface area (Å²) in [4.78, 5) is 21.6. The third-order valence-electron chi connectivity index (χ3n) is 4.15. The van der Waals surface area contributed by atoms with Crippen molar-refractivity contribution in [3.05, 3.63) is 51.1 Å². The highest BCUT2D eigenvalue weighted by molar-refractivity contribution is 5.89. The number of rotatable bonds is 9. The number of hydrogen-bond donors (Lipinski definition) is 1. The SMILES string of the molecule is CCC(C)=CCCC(C)CCc1cc([N+](=O)[O-])ccc1C(=O)O. The molecule has 0 amide bonds. The van der Waals surface area contributed by atoms with Crippen LogP contribution >= 0.6 is 0 Å². The second kappa shape index (κ2) is 9.08. The molecule has 0 aliphatic heterocycles.